The number of aliphatic carboxylic acids is 1. The summed E-state index contributed by atoms with van der Waals surface area (Å²) in [6, 6.07) is 3.84. The van der Waals surface area contributed by atoms with E-state index in [-0.39, 0.29) is 35.7 Å². The number of ether oxygens (including phenoxy) is 1. The molecule has 1 heterocycles. The zero-order valence-electron chi connectivity index (χ0n) is 13.0. The highest BCUT2D eigenvalue weighted by atomic mass is 35.5. The molecule has 1 aromatic carbocycles. The number of carbonyl (C=O) groups is 2. The normalized spacial score (nSPS) is 20.8. The molecular formula is C16H19ClFNO4. The van der Waals surface area contributed by atoms with E-state index in [4.69, 9.17) is 16.3 Å². The van der Waals surface area contributed by atoms with Crippen LogP contribution in [0.3, 0.4) is 0 Å². The monoisotopic (exact) mass is 343 g/mol. The summed E-state index contributed by atoms with van der Waals surface area (Å²) in [6.07, 6.45) is 0.425. The number of halogens is 2. The largest absolute Gasteiger partial charge is 0.484 e. The van der Waals surface area contributed by atoms with Crippen LogP contribution in [-0.2, 0) is 9.59 Å². The van der Waals surface area contributed by atoms with Gasteiger partial charge < -0.3 is 14.7 Å². The van der Waals surface area contributed by atoms with Crippen molar-refractivity contribution in [3.63, 3.8) is 0 Å². The highest BCUT2D eigenvalue weighted by Crippen LogP contribution is 2.38. The average Bonchev–Trinajstić information content (AvgIpc) is 2.95. The summed E-state index contributed by atoms with van der Waals surface area (Å²) in [7, 11) is 0. The Hall–Kier alpha value is -1.82. The highest BCUT2D eigenvalue weighted by Gasteiger charge is 2.48. The summed E-state index contributed by atoms with van der Waals surface area (Å²) >= 11 is 5.65. The Bertz CT molecular complexity index is 622. The van der Waals surface area contributed by atoms with Crippen LogP contribution in [0.2, 0.25) is 5.02 Å². The first kappa shape index (κ1) is 17.5. The minimum atomic E-state index is -0.908. The first-order valence-corrected chi connectivity index (χ1v) is 7.73. The van der Waals surface area contributed by atoms with Crippen LogP contribution < -0.4 is 4.74 Å². The maximum Gasteiger partial charge on any atom is 0.311 e. The predicted molar refractivity (Wildman–Crippen MR) is 83.0 cm³/mol. The predicted octanol–water partition coefficient (Wildman–Crippen LogP) is 2.82. The van der Waals surface area contributed by atoms with Crippen LogP contribution in [0.4, 0.5) is 4.39 Å². The molecule has 0 aliphatic carbocycles. The Kier molecular flexibility index (Phi) is 5.14. The van der Waals surface area contributed by atoms with E-state index in [0.717, 1.165) is 6.07 Å². The first-order chi connectivity index (χ1) is 10.8. The molecule has 0 radical (unpaired) electrons. The zero-order valence-corrected chi connectivity index (χ0v) is 13.8. The van der Waals surface area contributed by atoms with E-state index in [1.807, 2.05) is 13.8 Å². The lowest BCUT2D eigenvalue weighted by atomic mass is 9.76. The van der Waals surface area contributed by atoms with E-state index >= 15 is 0 Å². The van der Waals surface area contributed by atoms with E-state index in [0.29, 0.717) is 13.0 Å². The van der Waals surface area contributed by atoms with Gasteiger partial charge in [-0.1, -0.05) is 25.4 Å². The van der Waals surface area contributed by atoms with E-state index < -0.39 is 17.2 Å². The number of carboxylic acids is 1. The van der Waals surface area contributed by atoms with Crippen molar-refractivity contribution in [2.45, 2.75) is 20.3 Å². The summed E-state index contributed by atoms with van der Waals surface area (Å²) in [5.41, 5.74) is -0.908. The molecule has 126 valence electrons. The summed E-state index contributed by atoms with van der Waals surface area (Å²) in [4.78, 5) is 25.3. The molecule has 1 unspecified atom stereocenters. The fraction of sp³-hybridized carbons (Fsp3) is 0.500. The third-order valence-corrected chi connectivity index (χ3v) is 4.73. The summed E-state index contributed by atoms with van der Waals surface area (Å²) in [6.45, 7) is 4.01. The van der Waals surface area contributed by atoms with E-state index in [2.05, 4.69) is 0 Å². The van der Waals surface area contributed by atoms with Crippen molar-refractivity contribution in [1.82, 2.24) is 4.90 Å². The fourth-order valence-electron chi connectivity index (χ4n) is 2.74. The van der Waals surface area contributed by atoms with E-state index in [1.165, 1.54) is 17.0 Å². The smallest absolute Gasteiger partial charge is 0.311 e. The Morgan fingerprint density at radius 1 is 1.48 bits per heavy atom. The lowest BCUT2D eigenvalue weighted by Crippen LogP contribution is -2.41. The lowest BCUT2D eigenvalue weighted by molar-refractivity contribution is -0.151. The highest BCUT2D eigenvalue weighted by molar-refractivity contribution is 6.30. The Balaban J connectivity index is 1.97. The van der Waals surface area contributed by atoms with Gasteiger partial charge in [0.25, 0.3) is 5.91 Å². The maximum atomic E-state index is 13.1. The number of likely N-dealkylation sites (tertiary alicyclic amines) is 1. The molecular weight excluding hydrogens is 325 g/mol. The Labute approximate surface area is 139 Å². The molecule has 1 aliphatic heterocycles. The van der Waals surface area contributed by atoms with Crippen molar-refractivity contribution < 1.29 is 23.8 Å². The van der Waals surface area contributed by atoms with Crippen LogP contribution in [0.25, 0.3) is 0 Å². The summed E-state index contributed by atoms with van der Waals surface area (Å²) in [5.74, 6) is -1.52. The molecule has 23 heavy (non-hydrogen) atoms. The lowest BCUT2D eigenvalue weighted by Gasteiger charge is -2.28. The van der Waals surface area contributed by atoms with Crippen molar-refractivity contribution in [2.75, 3.05) is 19.7 Å². The van der Waals surface area contributed by atoms with Gasteiger partial charge in [-0.3, -0.25) is 9.59 Å². The van der Waals surface area contributed by atoms with E-state index in [1.54, 1.807) is 0 Å². The minimum absolute atomic E-state index is 0.0744. The third kappa shape index (κ3) is 3.58. The molecule has 1 amide bonds. The van der Waals surface area contributed by atoms with Gasteiger partial charge in [0.15, 0.2) is 6.61 Å². The number of rotatable bonds is 5. The Morgan fingerprint density at radius 3 is 2.70 bits per heavy atom. The molecule has 1 aliphatic rings. The second-order valence-electron chi connectivity index (χ2n) is 6.05. The van der Waals surface area contributed by atoms with Gasteiger partial charge in [-0.25, -0.2) is 4.39 Å². The second-order valence-corrected chi connectivity index (χ2v) is 6.45. The number of benzene rings is 1. The van der Waals surface area contributed by atoms with Gasteiger partial charge in [0.2, 0.25) is 0 Å². The maximum absolute atomic E-state index is 13.1. The SMILES string of the molecule is CC(C)C1(C(=O)O)CCN(C(=O)COc2ccc(F)c(Cl)c2)C1. The molecule has 1 saturated heterocycles. The zero-order chi connectivity index (χ0) is 17.2. The van der Waals surface area contributed by atoms with Gasteiger partial charge in [0, 0.05) is 19.2 Å². The molecule has 1 fully saturated rings. The number of carbonyl (C=O) groups excluding carboxylic acids is 1. The van der Waals surface area contributed by atoms with E-state index in [9.17, 15) is 19.1 Å². The van der Waals surface area contributed by atoms with Crippen molar-refractivity contribution in [3.8, 4) is 5.75 Å². The summed E-state index contributed by atoms with van der Waals surface area (Å²) < 4.78 is 18.4. The van der Waals surface area contributed by atoms with Gasteiger partial charge in [-0.2, -0.15) is 0 Å². The van der Waals surface area contributed by atoms with Crippen LogP contribution in [-0.4, -0.2) is 41.6 Å². The van der Waals surface area contributed by atoms with Crippen molar-refractivity contribution in [1.29, 1.82) is 0 Å². The van der Waals surface area contributed by atoms with Crippen LogP contribution in [0.1, 0.15) is 20.3 Å². The topological polar surface area (TPSA) is 66.8 Å². The summed E-state index contributed by atoms with van der Waals surface area (Å²) in [5, 5.41) is 9.40. The number of amides is 1. The molecule has 1 aromatic rings. The first-order valence-electron chi connectivity index (χ1n) is 7.35. The van der Waals surface area contributed by atoms with Crippen LogP contribution in [0.15, 0.2) is 18.2 Å². The molecule has 0 aromatic heterocycles. The Morgan fingerprint density at radius 2 is 2.17 bits per heavy atom. The fourth-order valence-corrected chi connectivity index (χ4v) is 2.91. The van der Waals surface area contributed by atoms with Crippen LogP contribution in [0.5, 0.6) is 5.75 Å². The van der Waals surface area contributed by atoms with Gasteiger partial charge in [0.05, 0.1) is 10.4 Å². The quantitative estimate of drug-likeness (QED) is 0.892. The number of nitrogens with zero attached hydrogens (tertiary/aromatic N) is 1. The molecule has 1 atom stereocenters. The standard InChI is InChI=1S/C16H19ClFNO4/c1-10(2)16(15(21)22)5-6-19(9-16)14(20)8-23-11-3-4-13(18)12(17)7-11/h3-4,7,10H,5-6,8-9H2,1-2H3,(H,21,22). The average molecular weight is 344 g/mol. The van der Waals surface area contributed by atoms with Crippen molar-refractivity contribution >= 4 is 23.5 Å². The number of carboxylic acid groups (broad SMARTS) is 1. The van der Waals surface area contributed by atoms with Crippen molar-refractivity contribution in [2.24, 2.45) is 11.3 Å². The van der Waals surface area contributed by atoms with Gasteiger partial charge in [-0.15, -0.1) is 0 Å². The third-order valence-electron chi connectivity index (χ3n) is 4.44. The van der Waals surface area contributed by atoms with Gasteiger partial charge in [0.1, 0.15) is 11.6 Å². The number of hydrogen-bond acceptors (Lipinski definition) is 3. The molecule has 0 bridgehead atoms. The molecule has 5 nitrogen and oxygen atoms in total. The number of hydrogen-bond donors (Lipinski definition) is 1. The molecule has 2 rings (SSSR count). The minimum Gasteiger partial charge on any atom is -0.484 e. The van der Waals surface area contributed by atoms with Crippen LogP contribution >= 0.6 is 11.6 Å². The molecule has 0 saturated carbocycles. The van der Waals surface area contributed by atoms with Crippen LogP contribution in [0, 0.1) is 17.2 Å². The molecule has 1 N–H and O–H groups in total. The van der Waals surface area contributed by atoms with Crippen molar-refractivity contribution in [3.05, 3.63) is 29.0 Å². The second kappa shape index (κ2) is 6.74. The molecule has 7 heteroatoms. The molecule has 0 spiro atoms. The van der Waals surface area contributed by atoms with Gasteiger partial charge in [-0.05, 0) is 24.5 Å². The van der Waals surface area contributed by atoms with Gasteiger partial charge >= 0.3 is 5.97 Å².